The van der Waals surface area contributed by atoms with Crippen LogP contribution >= 0.6 is 0 Å². The predicted octanol–water partition coefficient (Wildman–Crippen LogP) is 1.65. The Morgan fingerprint density at radius 2 is 1.50 bits per heavy atom. The first-order valence-electron chi connectivity index (χ1n) is 4.87. The van der Waals surface area contributed by atoms with Gasteiger partial charge in [-0.3, -0.25) is 0 Å². The first-order chi connectivity index (χ1) is 8.41. The molecule has 0 radical (unpaired) electrons. The van der Waals surface area contributed by atoms with Crippen LogP contribution in [0.3, 0.4) is 0 Å². The number of carboxylic acids is 2. The Bertz CT molecular complexity index is 674. The van der Waals surface area contributed by atoms with Gasteiger partial charge in [0.15, 0.2) is 0 Å². The largest absolute Gasteiger partial charge is 0.507 e. The maximum absolute atomic E-state index is 10.8. The number of hydrogen-bond donors (Lipinski definition) is 4. The Kier molecular flexibility index (Phi) is 2.55. The van der Waals surface area contributed by atoms with E-state index in [-0.39, 0.29) is 10.9 Å². The Balaban J connectivity index is 2.84. The van der Waals surface area contributed by atoms with Crippen molar-refractivity contribution in [2.24, 2.45) is 0 Å². The second kappa shape index (κ2) is 3.92. The summed E-state index contributed by atoms with van der Waals surface area (Å²) in [7, 11) is 0. The maximum Gasteiger partial charge on any atom is 0.339 e. The van der Waals surface area contributed by atoms with E-state index in [1.54, 1.807) is 0 Å². The normalized spacial score (nSPS) is 10.4. The van der Waals surface area contributed by atoms with Gasteiger partial charge in [-0.25, -0.2) is 9.59 Å². The Morgan fingerprint density at radius 3 is 2.06 bits per heavy atom. The molecule has 92 valence electrons. The molecule has 0 aromatic heterocycles. The lowest BCUT2D eigenvalue weighted by Gasteiger charge is -2.07. The van der Waals surface area contributed by atoms with Crippen LogP contribution in [0.15, 0.2) is 24.3 Å². The third-order valence-electron chi connectivity index (χ3n) is 2.57. The molecule has 0 spiro atoms. The van der Waals surface area contributed by atoms with Crippen molar-refractivity contribution in [3.05, 3.63) is 35.4 Å². The van der Waals surface area contributed by atoms with Crippen molar-refractivity contribution >= 4 is 22.7 Å². The molecule has 0 aliphatic carbocycles. The van der Waals surface area contributed by atoms with Gasteiger partial charge in [0.25, 0.3) is 0 Å². The molecular formula is C12H8O6. The lowest BCUT2D eigenvalue weighted by molar-refractivity contribution is 0.0683. The molecule has 0 aliphatic heterocycles. The number of aromatic hydroxyl groups is 2. The SMILES string of the molecule is O=C(O)c1cc2c(O)c(C(=O)O)ccc2cc1O. The summed E-state index contributed by atoms with van der Waals surface area (Å²) in [5, 5.41) is 37.3. The van der Waals surface area contributed by atoms with Gasteiger partial charge < -0.3 is 20.4 Å². The van der Waals surface area contributed by atoms with Crippen molar-refractivity contribution in [3.8, 4) is 11.5 Å². The number of fused-ring (bicyclic) bond motifs is 1. The molecule has 2 aromatic carbocycles. The zero-order valence-corrected chi connectivity index (χ0v) is 8.91. The fraction of sp³-hybridized carbons (Fsp3) is 0. The molecule has 0 heterocycles. The third-order valence-corrected chi connectivity index (χ3v) is 2.57. The van der Waals surface area contributed by atoms with Gasteiger partial charge in [0, 0.05) is 5.39 Å². The van der Waals surface area contributed by atoms with E-state index in [1.807, 2.05) is 0 Å². The van der Waals surface area contributed by atoms with Crippen molar-refractivity contribution in [2.45, 2.75) is 0 Å². The number of hydrogen-bond acceptors (Lipinski definition) is 4. The van der Waals surface area contributed by atoms with Gasteiger partial charge in [-0.05, 0) is 23.6 Å². The summed E-state index contributed by atoms with van der Waals surface area (Å²) in [6.07, 6.45) is 0. The molecule has 0 unspecified atom stereocenters. The standard InChI is InChI=1S/C12H8O6/c13-9-3-5-1-2-6(11(15)16)10(14)7(5)4-8(9)12(17)18/h1-4,13-14H,(H,15,16)(H,17,18). The number of rotatable bonds is 2. The van der Waals surface area contributed by atoms with Gasteiger partial charge in [0.05, 0.1) is 0 Å². The van der Waals surface area contributed by atoms with Crippen molar-refractivity contribution in [3.63, 3.8) is 0 Å². The minimum absolute atomic E-state index is 0.0603. The van der Waals surface area contributed by atoms with Gasteiger partial charge >= 0.3 is 11.9 Å². The average Bonchev–Trinajstić information content (AvgIpc) is 2.27. The summed E-state index contributed by atoms with van der Waals surface area (Å²) in [5.74, 6) is -3.66. The van der Waals surface area contributed by atoms with Crippen molar-refractivity contribution < 1.29 is 30.0 Å². The smallest absolute Gasteiger partial charge is 0.339 e. The highest BCUT2D eigenvalue weighted by atomic mass is 16.4. The molecule has 4 N–H and O–H groups in total. The average molecular weight is 248 g/mol. The van der Waals surface area contributed by atoms with Crippen LogP contribution in [0.4, 0.5) is 0 Å². The number of benzene rings is 2. The van der Waals surface area contributed by atoms with E-state index in [2.05, 4.69) is 0 Å². The van der Waals surface area contributed by atoms with E-state index in [0.29, 0.717) is 5.39 Å². The molecule has 2 rings (SSSR count). The molecule has 0 saturated carbocycles. The molecule has 0 atom stereocenters. The van der Waals surface area contributed by atoms with Crippen molar-refractivity contribution in [1.82, 2.24) is 0 Å². The van der Waals surface area contributed by atoms with Gasteiger partial charge in [-0.2, -0.15) is 0 Å². The molecule has 0 amide bonds. The van der Waals surface area contributed by atoms with Crippen LogP contribution < -0.4 is 0 Å². The second-order valence-electron chi connectivity index (χ2n) is 3.66. The van der Waals surface area contributed by atoms with E-state index >= 15 is 0 Å². The molecule has 18 heavy (non-hydrogen) atoms. The fourth-order valence-electron chi connectivity index (χ4n) is 1.69. The molecule has 6 nitrogen and oxygen atoms in total. The number of aromatic carboxylic acids is 2. The topological polar surface area (TPSA) is 115 Å². The van der Waals surface area contributed by atoms with E-state index in [9.17, 15) is 19.8 Å². The zero-order chi connectivity index (χ0) is 13.4. The highest BCUT2D eigenvalue weighted by Crippen LogP contribution is 2.33. The minimum atomic E-state index is -1.37. The third kappa shape index (κ3) is 1.69. The summed E-state index contributed by atoms with van der Waals surface area (Å²) in [4.78, 5) is 21.7. The van der Waals surface area contributed by atoms with Crippen LogP contribution in [0.1, 0.15) is 20.7 Å². The number of carbonyl (C=O) groups is 2. The summed E-state index contributed by atoms with van der Waals surface area (Å²) < 4.78 is 0. The summed E-state index contributed by atoms with van der Waals surface area (Å²) in [6.45, 7) is 0. The van der Waals surface area contributed by atoms with Crippen LogP contribution in [-0.2, 0) is 0 Å². The van der Waals surface area contributed by atoms with Gasteiger partial charge in [0.1, 0.15) is 22.6 Å². The second-order valence-corrected chi connectivity index (χ2v) is 3.66. The first-order valence-corrected chi connectivity index (χ1v) is 4.87. The van der Waals surface area contributed by atoms with E-state index in [0.717, 1.165) is 12.1 Å². The van der Waals surface area contributed by atoms with E-state index in [4.69, 9.17) is 10.2 Å². The highest BCUT2D eigenvalue weighted by Gasteiger charge is 2.16. The van der Waals surface area contributed by atoms with Gasteiger partial charge in [-0.1, -0.05) is 6.07 Å². The first kappa shape index (κ1) is 11.7. The van der Waals surface area contributed by atoms with Crippen LogP contribution in [-0.4, -0.2) is 32.4 Å². The number of carboxylic acid groups (broad SMARTS) is 2. The molecule has 0 bridgehead atoms. The van der Waals surface area contributed by atoms with E-state index < -0.39 is 29.0 Å². The van der Waals surface area contributed by atoms with Crippen LogP contribution in [0.2, 0.25) is 0 Å². The maximum atomic E-state index is 10.8. The van der Waals surface area contributed by atoms with E-state index in [1.165, 1.54) is 12.1 Å². The van der Waals surface area contributed by atoms with Gasteiger partial charge in [-0.15, -0.1) is 0 Å². The lowest BCUT2D eigenvalue weighted by Crippen LogP contribution is -1.99. The Hall–Kier alpha value is -2.76. The molecule has 0 fully saturated rings. The van der Waals surface area contributed by atoms with Crippen LogP contribution in [0, 0.1) is 0 Å². The summed E-state index contributed by atoms with van der Waals surface area (Å²) in [5.41, 5.74) is -0.732. The summed E-state index contributed by atoms with van der Waals surface area (Å²) in [6, 6.07) is 4.75. The van der Waals surface area contributed by atoms with Crippen LogP contribution in [0.5, 0.6) is 11.5 Å². The predicted molar refractivity (Wildman–Crippen MR) is 61.2 cm³/mol. The highest BCUT2D eigenvalue weighted by molar-refractivity contribution is 6.04. The zero-order valence-electron chi connectivity index (χ0n) is 8.91. The molecule has 0 saturated heterocycles. The Labute approximate surface area is 100 Å². The summed E-state index contributed by atoms with van der Waals surface area (Å²) >= 11 is 0. The van der Waals surface area contributed by atoms with Crippen molar-refractivity contribution in [1.29, 1.82) is 0 Å². The molecular weight excluding hydrogens is 240 g/mol. The van der Waals surface area contributed by atoms with Crippen molar-refractivity contribution in [2.75, 3.05) is 0 Å². The lowest BCUT2D eigenvalue weighted by atomic mass is 10.0. The van der Waals surface area contributed by atoms with Gasteiger partial charge in [0.2, 0.25) is 0 Å². The quantitative estimate of drug-likeness (QED) is 0.642. The van der Waals surface area contributed by atoms with Crippen LogP contribution in [0.25, 0.3) is 10.8 Å². The molecule has 2 aromatic rings. The molecule has 0 aliphatic rings. The fourth-order valence-corrected chi connectivity index (χ4v) is 1.69. The Morgan fingerprint density at radius 1 is 0.889 bits per heavy atom. The molecule has 6 heteroatoms. The monoisotopic (exact) mass is 248 g/mol. The number of phenols is 2. The minimum Gasteiger partial charge on any atom is -0.507 e.